The molecule has 1 N–H and O–H groups in total. The van der Waals surface area contributed by atoms with Crippen molar-refractivity contribution in [3.8, 4) is 0 Å². The van der Waals surface area contributed by atoms with Crippen molar-refractivity contribution >= 4 is 17.4 Å². The molecule has 5 heteroatoms. The molecule has 0 bridgehead atoms. The Morgan fingerprint density at radius 1 is 1.17 bits per heavy atom. The number of hydrogen-bond donors (Lipinski definition) is 1. The number of nitrogens with zero attached hydrogens (tertiary/aromatic N) is 2. The van der Waals surface area contributed by atoms with Gasteiger partial charge in [0, 0.05) is 37.6 Å². The molecule has 0 atom stereocenters. The molecule has 2 heterocycles. The van der Waals surface area contributed by atoms with Crippen molar-refractivity contribution in [2.45, 2.75) is 12.8 Å². The third kappa shape index (κ3) is 3.44. The molecule has 1 aliphatic rings. The van der Waals surface area contributed by atoms with Gasteiger partial charge in [-0.15, -0.1) is 0 Å². The summed E-state index contributed by atoms with van der Waals surface area (Å²) in [6.45, 7) is 1.88. The molecule has 1 saturated heterocycles. The van der Waals surface area contributed by atoms with Gasteiger partial charge in [0.2, 0.25) is 0 Å². The van der Waals surface area contributed by atoms with E-state index in [4.69, 9.17) is 0 Å². The number of amides is 1. The van der Waals surface area contributed by atoms with Crippen molar-refractivity contribution in [1.82, 2.24) is 9.88 Å². The van der Waals surface area contributed by atoms with Crippen LogP contribution < -0.4 is 4.90 Å². The highest BCUT2D eigenvalue weighted by molar-refractivity contribution is 6.02. The summed E-state index contributed by atoms with van der Waals surface area (Å²) in [5, 5.41) is 0. The zero-order chi connectivity index (χ0) is 16.2. The van der Waals surface area contributed by atoms with E-state index in [2.05, 4.69) is 4.98 Å². The van der Waals surface area contributed by atoms with Crippen molar-refractivity contribution in [2.24, 2.45) is 0 Å². The molecule has 0 spiro atoms. The van der Waals surface area contributed by atoms with Gasteiger partial charge >= 0.3 is 0 Å². The second kappa shape index (κ2) is 6.69. The average molecular weight is 311 g/mol. The number of aromatic nitrogens is 1. The summed E-state index contributed by atoms with van der Waals surface area (Å²) in [7, 11) is 1.89. The largest absolute Gasteiger partial charge is 0.367 e. The molecular formula is C18H21N3O2. The number of hydrogen-bond acceptors (Lipinski definition) is 3. The first-order valence-electron chi connectivity index (χ1n) is 7.92. The van der Waals surface area contributed by atoms with Crippen molar-refractivity contribution in [1.29, 1.82) is 0 Å². The first-order chi connectivity index (χ1) is 11.1. The quantitative estimate of drug-likeness (QED) is 0.864. The zero-order valence-corrected chi connectivity index (χ0v) is 13.3. The molecule has 0 radical (unpaired) electrons. The Bertz CT molecular complexity index is 687. The number of benzene rings is 1. The van der Waals surface area contributed by atoms with E-state index in [1.54, 1.807) is 12.3 Å². The van der Waals surface area contributed by atoms with Crippen LogP contribution in [0.15, 0.2) is 42.6 Å². The summed E-state index contributed by atoms with van der Waals surface area (Å²) in [6.07, 6.45) is 3.74. The maximum Gasteiger partial charge on any atom is 0.270 e. The van der Waals surface area contributed by atoms with Crippen LogP contribution in [0.1, 0.15) is 33.7 Å². The Labute approximate surface area is 135 Å². The molecule has 0 aliphatic carbocycles. The number of nitrogens with one attached hydrogen (secondary N) is 1. The summed E-state index contributed by atoms with van der Waals surface area (Å²) in [5.74, 6) is -0.0222. The highest BCUT2D eigenvalue weighted by Crippen LogP contribution is 2.15. The van der Waals surface area contributed by atoms with Crippen LogP contribution in [0.5, 0.6) is 0 Å². The van der Waals surface area contributed by atoms with Gasteiger partial charge in [-0.05, 0) is 31.0 Å². The van der Waals surface area contributed by atoms with Gasteiger partial charge in [-0.1, -0.05) is 18.2 Å². The van der Waals surface area contributed by atoms with Crippen molar-refractivity contribution < 1.29 is 9.59 Å². The van der Waals surface area contributed by atoms with E-state index in [-0.39, 0.29) is 18.2 Å². The Hall–Kier alpha value is -2.56. The maximum absolute atomic E-state index is 12.4. The number of H-pyrrole nitrogens is 1. The van der Waals surface area contributed by atoms with E-state index in [0.29, 0.717) is 11.3 Å². The Morgan fingerprint density at radius 2 is 1.87 bits per heavy atom. The normalized spacial score (nSPS) is 14.0. The number of Topliss-reactive ketones (excluding diaryl/α,β-unsaturated/α-hetero) is 1. The van der Waals surface area contributed by atoms with Gasteiger partial charge in [-0.2, -0.15) is 0 Å². The van der Waals surface area contributed by atoms with E-state index < -0.39 is 0 Å². The average Bonchev–Trinajstić information content (AvgIpc) is 3.26. The van der Waals surface area contributed by atoms with Gasteiger partial charge in [0.05, 0.1) is 6.54 Å². The fourth-order valence-electron chi connectivity index (χ4n) is 2.85. The summed E-state index contributed by atoms with van der Waals surface area (Å²) >= 11 is 0. The molecule has 1 amide bonds. The lowest BCUT2D eigenvalue weighted by molar-refractivity contribution is 0.0787. The van der Waals surface area contributed by atoms with Crippen LogP contribution in [0.25, 0.3) is 0 Å². The highest BCUT2D eigenvalue weighted by atomic mass is 16.2. The number of carbonyl (C=O) groups excluding carboxylic acids is 2. The predicted octanol–water partition coefficient (Wildman–Crippen LogP) is 2.57. The van der Waals surface area contributed by atoms with Crippen LogP contribution in [0.3, 0.4) is 0 Å². The highest BCUT2D eigenvalue weighted by Gasteiger charge is 2.22. The van der Waals surface area contributed by atoms with E-state index in [9.17, 15) is 9.59 Å². The fourth-order valence-corrected chi connectivity index (χ4v) is 2.85. The van der Waals surface area contributed by atoms with Gasteiger partial charge in [0.15, 0.2) is 5.78 Å². The molecule has 120 valence electrons. The van der Waals surface area contributed by atoms with Gasteiger partial charge in [-0.25, -0.2) is 0 Å². The van der Waals surface area contributed by atoms with Gasteiger partial charge in [0.1, 0.15) is 5.69 Å². The number of likely N-dealkylation sites (N-methyl/N-ethyl adjacent to an activating group) is 1. The first kappa shape index (κ1) is 15.3. The van der Waals surface area contributed by atoms with Gasteiger partial charge < -0.3 is 14.8 Å². The Balaban J connectivity index is 1.65. The lowest BCUT2D eigenvalue weighted by Gasteiger charge is -2.17. The smallest absolute Gasteiger partial charge is 0.270 e. The van der Waals surface area contributed by atoms with Crippen LogP contribution in [0.2, 0.25) is 0 Å². The molecule has 1 aromatic heterocycles. The van der Waals surface area contributed by atoms with E-state index in [1.165, 1.54) is 0 Å². The number of anilines is 1. The molecule has 0 saturated carbocycles. The molecule has 2 aromatic rings. The molecule has 23 heavy (non-hydrogen) atoms. The fraction of sp³-hybridized carbons (Fsp3) is 0.333. The SMILES string of the molecule is CN(CC(=O)c1c[nH]c(C(=O)N2CCCC2)c1)c1ccccc1. The lowest BCUT2D eigenvalue weighted by atomic mass is 10.2. The third-order valence-corrected chi connectivity index (χ3v) is 4.21. The Morgan fingerprint density at radius 3 is 2.57 bits per heavy atom. The number of rotatable bonds is 5. The number of likely N-dealkylation sites (tertiary alicyclic amines) is 1. The topological polar surface area (TPSA) is 56.4 Å². The number of ketones is 1. The third-order valence-electron chi connectivity index (χ3n) is 4.21. The monoisotopic (exact) mass is 311 g/mol. The van der Waals surface area contributed by atoms with E-state index >= 15 is 0 Å². The van der Waals surface area contributed by atoms with Crippen LogP contribution in [-0.4, -0.2) is 48.3 Å². The van der Waals surface area contributed by atoms with Crippen LogP contribution in [0.4, 0.5) is 5.69 Å². The van der Waals surface area contributed by atoms with E-state index in [0.717, 1.165) is 31.6 Å². The molecule has 1 aliphatic heterocycles. The second-order valence-corrected chi connectivity index (χ2v) is 5.92. The molecule has 3 rings (SSSR count). The zero-order valence-electron chi connectivity index (χ0n) is 13.3. The molecular weight excluding hydrogens is 290 g/mol. The van der Waals surface area contributed by atoms with Crippen molar-refractivity contribution in [3.63, 3.8) is 0 Å². The molecule has 5 nitrogen and oxygen atoms in total. The number of para-hydroxylation sites is 1. The number of carbonyl (C=O) groups is 2. The summed E-state index contributed by atoms with van der Waals surface area (Å²) in [6, 6.07) is 11.4. The summed E-state index contributed by atoms with van der Waals surface area (Å²) < 4.78 is 0. The standard InChI is InChI=1S/C18H21N3O2/c1-20(15-7-3-2-4-8-15)13-17(22)14-11-16(19-12-14)18(23)21-9-5-6-10-21/h2-4,7-8,11-12,19H,5-6,9-10,13H2,1H3. The van der Waals surface area contributed by atoms with E-state index in [1.807, 2.05) is 47.2 Å². The first-order valence-corrected chi connectivity index (χ1v) is 7.92. The lowest BCUT2D eigenvalue weighted by Crippen LogP contribution is -2.28. The second-order valence-electron chi connectivity index (χ2n) is 5.92. The summed E-state index contributed by atoms with van der Waals surface area (Å²) in [4.78, 5) is 31.4. The maximum atomic E-state index is 12.4. The molecule has 1 fully saturated rings. The van der Waals surface area contributed by atoms with Crippen molar-refractivity contribution in [2.75, 3.05) is 31.6 Å². The van der Waals surface area contributed by atoms with Gasteiger partial charge in [-0.3, -0.25) is 9.59 Å². The summed E-state index contributed by atoms with van der Waals surface area (Å²) in [5.41, 5.74) is 2.04. The molecule has 0 unspecified atom stereocenters. The minimum atomic E-state index is -0.0158. The molecule has 1 aromatic carbocycles. The van der Waals surface area contributed by atoms with Crippen LogP contribution in [-0.2, 0) is 0 Å². The van der Waals surface area contributed by atoms with Crippen molar-refractivity contribution in [3.05, 3.63) is 53.9 Å². The minimum Gasteiger partial charge on any atom is -0.367 e. The predicted molar refractivity (Wildman–Crippen MR) is 90.0 cm³/mol. The van der Waals surface area contributed by atoms with Crippen LogP contribution >= 0.6 is 0 Å². The minimum absolute atomic E-state index is 0.00641. The Kier molecular flexibility index (Phi) is 4.46. The van der Waals surface area contributed by atoms with Gasteiger partial charge in [0.25, 0.3) is 5.91 Å². The number of aromatic amines is 1. The van der Waals surface area contributed by atoms with Crippen LogP contribution in [0, 0.1) is 0 Å².